The van der Waals surface area contributed by atoms with E-state index in [1.54, 1.807) is 0 Å². The average Bonchev–Trinajstić information content (AvgIpc) is 3.59. The lowest BCUT2D eigenvalue weighted by molar-refractivity contribution is 0.622. The van der Waals surface area contributed by atoms with Crippen LogP contribution < -0.4 is 10.6 Å². The summed E-state index contributed by atoms with van der Waals surface area (Å²) in [5.74, 6) is 8.25. The number of hydrogen-bond donors (Lipinski definition) is 4. The SMILES string of the molecule is CC1C(NCC2=NC(c3ccc(-c4ccc(-c5ccc(-c6cnc(CNC7C(C)[C@H]7C)[nH]6)cc5)c5[nH]ccc45)cc3)=CB2C#N)[C@@H]1C. The van der Waals surface area contributed by atoms with Crippen LogP contribution in [0.5, 0.6) is 0 Å². The number of nitrogens with one attached hydrogen (secondary N) is 4. The molecule has 3 heterocycles. The zero-order valence-electron chi connectivity index (χ0n) is 27.4. The number of aromatic nitrogens is 3. The molecule has 0 amide bonds. The number of nitrogens with zero attached hydrogens (tertiary/aromatic N) is 3. The van der Waals surface area contributed by atoms with Crippen LogP contribution in [-0.4, -0.2) is 45.9 Å². The third-order valence-electron chi connectivity index (χ3n) is 11.1. The maximum Gasteiger partial charge on any atom is 0.344 e. The Morgan fingerprint density at radius 3 is 2.00 bits per heavy atom. The smallest absolute Gasteiger partial charge is 0.344 e. The molecule has 2 fully saturated rings. The van der Waals surface area contributed by atoms with Crippen LogP contribution in [0.15, 0.2) is 90.1 Å². The molecule has 0 saturated heterocycles. The van der Waals surface area contributed by atoms with Crippen molar-refractivity contribution in [3.8, 4) is 39.5 Å². The maximum absolute atomic E-state index is 9.77. The first-order valence-electron chi connectivity index (χ1n) is 16.9. The predicted octanol–water partition coefficient (Wildman–Crippen LogP) is 7.31. The Bertz CT molecular complexity index is 2030. The summed E-state index contributed by atoms with van der Waals surface area (Å²) in [6, 6.07) is 25.0. The molecule has 8 heteroatoms. The molecule has 47 heavy (non-hydrogen) atoms. The van der Waals surface area contributed by atoms with E-state index in [9.17, 15) is 5.26 Å². The number of aliphatic imine (C=N–C) groups is 1. The Kier molecular flexibility index (Phi) is 7.47. The fraction of sp³-hybridized carbons (Fsp3) is 0.308. The molecule has 1 aliphatic heterocycles. The zero-order valence-corrected chi connectivity index (χ0v) is 27.4. The molecule has 6 atom stereocenters. The number of hydrogen-bond acceptors (Lipinski definition) is 5. The Labute approximate surface area is 276 Å². The van der Waals surface area contributed by atoms with Gasteiger partial charge in [0.25, 0.3) is 0 Å². The molecule has 3 aromatic carbocycles. The summed E-state index contributed by atoms with van der Waals surface area (Å²) in [5, 5.41) is 18.2. The second-order valence-corrected chi connectivity index (χ2v) is 13.8. The van der Waals surface area contributed by atoms with Gasteiger partial charge in [-0.2, -0.15) is 0 Å². The van der Waals surface area contributed by atoms with Crippen LogP contribution in [0.1, 0.15) is 39.1 Å². The molecule has 2 saturated carbocycles. The van der Waals surface area contributed by atoms with Crippen LogP contribution in [0.3, 0.4) is 0 Å². The van der Waals surface area contributed by atoms with E-state index < -0.39 is 0 Å². The molecule has 7 nitrogen and oxygen atoms in total. The first kappa shape index (κ1) is 29.7. The van der Waals surface area contributed by atoms with Crippen molar-refractivity contribution >= 4 is 28.9 Å². The summed E-state index contributed by atoms with van der Waals surface area (Å²) >= 11 is 0. The molecule has 5 aromatic rings. The minimum atomic E-state index is -0.276. The van der Waals surface area contributed by atoms with E-state index in [1.807, 2.05) is 18.4 Å². The fourth-order valence-electron chi connectivity index (χ4n) is 7.34. The molecule has 2 aromatic heterocycles. The molecular formula is C39H40BN7. The van der Waals surface area contributed by atoms with E-state index in [1.165, 1.54) is 16.5 Å². The van der Waals surface area contributed by atoms with Crippen molar-refractivity contribution in [1.82, 2.24) is 25.6 Å². The van der Waals surface area contributed by atoms with E-state index in [0.717, 1.165) is 69.0 Å². The largest absolute Gasteiger partial charge is 0.361 e. The van der Waals surface area contributed by atoms with Crippen molar-refractivity contribution in [1.29, 1.82) is 5.26 Å². The van der Waals surface area contributed by atoms with Gasteiger partial charge in [0.1, 0.15) is 5.82 Å². The summed E-state index contributed by atoms with van der Waals surface area (Å²) in [6.07, 6.45) is 3.95. The summed E-state index contributed by atoms with van der Waals surface area (Å²) in [6.45, 7) is 10.3. The van der Waals surface area contributed by atoms with Gasteiger partial charge in [0.05, 0.1) is 29.6 Å². The Morgan fingerprint density at radius 1 is 0.745 bits per heavy atom. The van der Waals surface area contributed by atoms with Gasteiger partial charge in [-0.05, 0) is 57.6 Å². The monoisotopic (exact) mass is 617 g/mol. The Morgan fingerprint density at radius 2 is 1.34 bits per heavy atom. The summed E-state index contributed by atoms with van der Waals surface area (Å²) in [4.78, 5) is 16.5. The molecule has 234 valence electrons. The van der Waals surface area contributed by atoms with E-state index in [-0.39, 0.29) is 6.71 Å². The van der Waals surface area contributed by atoms with Crippen LogP contribution in [0, 0.1) is 34.9 Å². The lowest BCUT2D eigenvalue weighted by Gasteiger charge is -2.10. The second-order valence-electron chi connectivity index (χ2n) is 13.8. The second kappa shape index (κ2) is 11.8. The number of nitriles is 1. The normalized spacial score (nSPS) is 24.7. The molecule has 8 rings (SSSR count). The third-order valence-corrected chi connectivity index (χ3v) is 11.1. The number of rotatable bonds is 10. The quantitative estimate of drug-likeness (QED) is 0.123. The van der Waals surface area contributed by atoms with E-state index in [2.05, 4.69) is 126 Å². The lowest BCUT2D eigenvalue weighted by atomic mass is 9.48. The topological polar surface area (TPSA) is 105 Å². The predicted molar refractivity (Wildman–Crippen MR) is 193 cm³/mol. The Hall–Kier alpha value is -4.71. The highest BCUT2D eigenvalue weighted by Gasteiger charge is 2.43. The van der Waals surface area contributed by atoms with Gasteiger partial charge >= 0.3 is 6.71 Å². The molecule has 4 unspecified atom stereocenters. The molecule has 0 bridgehead atoms. The summed E-state index contributed by atoms with van der Waals surface area (Å²) in [7, 11) is 0. The molecule has 2 aliphatic carbocycles. The van der Waals surface area contributed by atoms with Crippen LogP contribution in [-0.2, 0) is 6.54 Å². The van der Waals surface area contributed by atoms with E-state index in [4.69, 9.17) is 4.99 Å². The van der Waals surface area contributed by atoms with Gasteiger partial charge in [0, 0.05) is 47.4 Å². The highest BCUT2D eigenvalue weighted by molar-refractivity contribution is 7.02. The first-order valence-corrected chi connectivity index (χ1v) is 16.9. The van der Waals surface area contributed by atoms with E-state index >= 15 is 0 Å². The van der Waals surface area contributed by atoms with Crippen molar-refractivity contribution < 1.29 is 0 Å². The first-order chi connectivity index (χ1) is 22.9. The highest BCUT2D eigenvalue weighted by atomic mass is 15.0. The lowest BCUT2D eigenvalue weighted by Crippen LogP contribution is -2.33. The van der Waals surface area contributed by atoms with Gasteiger partial charge < -0.3 is 20.6 Å². The number of imidazole rings is 1. The molecule has 4 N–H and O–H groups in total. The zero-order chi connectivity index (χ0) is 32.2. The minimum absolute atomic E-state index is 0.276. The summed E-state index contributed by atoms with van der Waals surface area (Å²) in [5.41, 5.74) is 10.8. The number of benzene rings is 3. The maximum atomic E-state index is 9.77. The highest BCUT2D eigenvalue weighted by Crippen LogP contribution is 2.39. The van der Waals surface area contributed by atoms with Crippen LogP contribution in [0.25, 0.3) is 50.1 Å². The molecule has 0 spiro atoms. The standard InChI is InChI=1S/C39H40BN7/c1-22-23(2)37(22)44-19-35-40(21-41)17-33(46-35)28-9-5-26(6-10-28)30-13-14-31(39-32(30)15-16-42-39)27-7-11-29(12-8-27)34-18-43-36(47-34)20-45-38-24(3)25(38)4/h5-18,22-25,37-38,42,44-45H,19-20H2,1-4H3,(H,43,47)/t22-,23?,24-,25?,37?,38?/m1/s1. The van der Waals surface area contributed by atoms with Crippen LogP contribution in [0.2, 0.25) is 0 Å². The van der Waals surface area contributed by atoms with Crippen molar-refractivity contribution in [2.75, 3.05) is 6.54 Å². The van der Waals surface area contributed by atoms with Gasteiger partial charge in [0.2, 0.25) is 0 Å². The fourth-order valence-corrected chi connectivity index (χ4v) is 7.34. The van der Waals surface area contributed by atoms with Gasteiger partial charge in [-0.1, -0.05) is 94.3 Å². The molecule has 3 aliphatic rings. The number of fused-ring (bicyclic) bond motifs is 1. The molecule has 0 radical (unpaired) electrons. The average molecular weight is 618 g/mol. The van der Waals surface area contributed by atoms with Crippen LogP contribution in [0.4, 0.5) is 0 Å². The third kappa shape index (κ3) is 5.54. The minimum Gasteiger partial charge on any atom is -0.361 e. The van der Waals surface area contributed by atoms with Gasteiger partial charge in [-0.25, -0.2) is 10.2 Å². The molecular weight excluding hydrogens is 577 g/mol. The van der Waals surface area contributed by atoms with Crippen molar-refractivity contribution in [3.63, 3.8) is 0 Å². The van der Waals surface area contributed by atoms with Crippen LogP contribution >= 0.6 is 0 Å². The van der Waals surface area contributed by atoms with Crippen molar-refractivity contribution in [2.45, 2.75) is 46.3 Å². The van der Waals surface area contributed by atoms with E-state index in [0.29, 0.717) is 30.5 Å². The Balaban J connectivity index is 0.978. The number of H-pyrrole nitrogens is 2. The van der Waals surface area contributed by atoms with Crippen molar-refractivity contribution in [2.24, 2.45) is 28.7 Å². The number of aromatic amines is 2. The van der Waals surface area contributed by atoms with Crippen molar-refractivity contribution in [3.05, 3.63) is 96.5 Å². The summed E-state index contributed by atoms with van der Waals surface area (Å²) < 4.78 is 0. The van der Waals surface area contributed by atoms with Gasteiger partial charge in [-0.3, -0.25) is 4.99 Å². The van der Waals surface area contributed by atoms with Gasteiger partial charge in [0.15, 0.2) is 0 Å². The van der Waals surface area contributed by atoms with Gasteiger partial charge in [-0.15, -0.1) is 0 Å².